The van der Waals surface area contributed by atoms with E-state index in [2.05, 4.69) is 15.5 Å². The Balaban J connectivity index is 2.08. The highest BCUT2D eigenvalue weighted by atomic mass is 19.4. The van der Waals surface area contributed by atoms with Crippen LogP contribution in [0, 0.1) is 6.92 Å². The van der Waals surface area contributed by atoms with E-state index in [1.807, 2.05) is 6.92 Å². The number of nitrogens with one attached hydrogen (secondary N) is 1. The third kappa shape index (κ3) is 3.29. The van der Waals surface area contributed by atoms with Crippen molar-refractivity contribution in [2.24, 2.45) is 7.05 Å². The van der Waals surface area contributed by atoms with Crippen molar-refractivity contribution >= 4 is 5.91 Å². The summed E-state index contributed by atoms with van der Waals surface area (Å²) in [5.74, 6) is -0.658. The first-order valence-corrected chi connectivity index (χ1v) is 6.64. The zero-order valence-electron chi connectivity index (χ0n) is 12.4. The molecule has 6 nitrogen and oxygen atoms in total. The lowest BCUT2D eigenvalue weighted by Gasteiger charge is -2.04. The first-order valence-electron chi connectivity index (χ1n) is 6.64. The smallest absolute Gasteiger partial charge is 0.346 e. The maximum atomic E-state index is 12.7. The summed E-state index contributed by atoms with van der Waals surface area (Å²) < 4.78 is 40.4. The minimum atomic E-state index is -4.54. The highest BCUT2D eigenvalue weighted by Gasteiger charge is 2.35. The minimum Gasteiger partial charge on any atom is -0.346 e. The van der Waals surface area contributed by atoms with Crippen LogP contribution in [0.1, 0.15) is 34.4 Å². The number of halogens is 3. The van der Waals surface area contributed by atoms with Crippen molar-refractivity contribution in [2.45, 2.75) is 33.1 Å². The molecule has 2 aromatic rings. The van der Waals surface area contributed by atoms with Gasteiger partial charge in [0.2, 0.25) is 0 Å². The van der Waals surface area contributed by atoms with Crippen LogP contribution in [0.4, 0.5) is 13.2 Å². The van der Waals surface area contributed by atoms with Crippen molar-refractivity contribution in [3.8, 4) is 0 Å². The molecule has 0 saturated heterocycles. The zero-order valence-corrected chi connectivity index (χ0v) is 12.4. The quantitative estimate of drug-likeness (QED) is 0.937. The number of aryl methyl sites for hydroxylation is 3. The minimum absolute atomic E-state index is 0.183. The molecule has 1 amide bonds. The average molecular weight is 315 g/mol. The van der Waals surface area contributed by atoms with Crippen LogP contribution in [-0.2, 0) is 26.3 Å². The van der Waals surface area contributed by atoms with E-state index in [-0.39, 0.29) is 12.2 Å². The van der Waals surface area contributed by atoms with Gasteiger partial charge in [0, 0.05) is 38.0 Å². The molecule has 9 heteroatoms. The molecule has 0 atom stereocenters. The van der Waals surface area contributed by atoms with E-state index in [1.54, 1.807) is 17.8 Å². The first kappa shape index (κ1) is 16.1. The van der Waals surface area contributed by atoms with Gasteiger partial charge in [0.25, 0.3) is 5.91 Å². The molecular formula is C13H16F3N5O. The van der Waals surface area contributed by atoms with Gasteiger partial charge >= 0.3 is 6.18 Å². The van der Waals surface area contributed by atoms with Gasteiger partial charge in [-0.2, -0.15) is 23.4 Å². The van der Waals surface area contributed by atoms with E-state index >= 15 is 0 Å². The number of hydrogen-bond acceptors (Lipinski definition) is 3. The van der Waals surface area contributed by atoms with Crippen molar-refractivity contribution in [2.75, 3.05) is 0 Å². The zero-order chi connectivity index (χ0) is 16.5. The van der Waals surface area contributed by atoms with Crippen LogP contribution >= 0.6 is 0 Å². The maximum absolute atomic E-state index is 12.7. The van der Waals surface area contributed by atoms with Gasteiger partial charge in [0.1, 0.15) is 5.69 Å². The van der Waals surface area contributed by atoms with Crippen LogP contribution in [0.2, 0.25) is 0 Å². The standard InChI is InChI=1S/C13H16F3N5O/c1-4-21-7-9(8(2)18-21)6-17-12(22)10-5-11(13(14,15)16)20(3)19-10/h5,7H,4,6H2,1-3H3,(H,17,22). The summed E-state index contributed by atoms with van der Waals surface area (Å²) in [6, 6.07) is 0.734. The van der Waals surface area contributed by atoms with Crippen LogP contribution in [0.5, 0.6) is 0 Å². The summed E-state index contributed by atoms with van der Waals surface area (Å²) in [6.45, 7) is 4.62. The van der Waals surface area contributed by atoms with E-state index in [9.17, 15) is 18.0 Å². The molecule has 0 aromatic carbocycles. The molecular weight excluding hydrogens is 299 g/mol. The third-order valence-corrected chi connectivity index (χ3v) is 3.21. The summed E-state index contributed by atoms with van der Waals surface area (Å²) in [7, 11) is 1.15. The van der Waals surface area contributed by atoms with Crippen LogP contribution in [0.25, 0.3) is 0 Å². The van der Waals surface area contributed by atoms with E-state index in [0.717, 1.165) is 24.4 Å². The van der Waals surface area contributed by atoms with Gasteiger partial charge in [-0.25, -0.2) is 0 Å². The molecule has 0 radical (unpaired) electrons. The molecule has 0 aliphatic heterocycles. The van der Waals surface area contributed by atoms with Crippen molar-refractivity contribution in [1.29, 1.82) is 0 Å². The Hall–Kier alpha value is -2.32. The molecule has 2 heterocycles. The Morgan fingerprint density at radius 3 is 2.55 bits per heavy atom. The lowest BCUT2D eigenvalue weighted by molar-refractivity contribution is -0.143. The monoisotopic (exact) mass is 315 g/mol. The average Bonchev–Trinajstić information content (AvgIpc) is 2.99. The van der Waals surface area contributed by atoms with Gasteiger partial charge in [-0.05, 0) is 13.8 Å². The fourth-order valence-electron chi connectivity index (χ4n) is 2.00. The highest BCUT2D eigenvalue weighted by Crippen LogP contribution is 2.29. The Bertz CT molecular complexity index is 686. The predicted octanol–water partition coefficient (Wildman–Crippen LogP) is 1.89. The molecule has 0 aliphatic rings. The van der Waals surface area contributed by atoms with Crippen molar-refractivity contribution in [1.82, 2.24) is 24.9 Å². The predicted molar refractivity (Wildman–Crippen MR) is 72.0 cm³/mol. The third-order valence-electron chi connectivity index (χ3n) is 3.21. The van der Waals surface area contributed by atoms with Gasteiger partial charge in [-0.3, -0.25) is 14.2 Å². The van der Waals surface area contributed by atoms with Crippen LogP contribution in [0.15, 0.2) is 12.3 Å². The largest absolute Gasteiger partial charge is 0.433 e. The number of hydrogen-bond donors (Lipinski definition) is 1. The van der Waals surface area contributed by atoms with E-state index in [4.69, 9.17) is 0 Å². The molecule has 120 valence electrons. The number of nitrogens with zero attached hydrogens (tertiary/aromatic N) is 4. The molecule has 22 heavy (non-hydrogen) atoms. The number of rotatable bonds is 4. The molecule has 0 unspecified atom stereocenters. The Morgan fingerprint density at radius 2 is 2.05 bits per heavy atom. The van der Waals surface area contributed by atoms with Gasteiger partial charge in [0.05, 0.1) is 5.69 Å². The number of carbonyl (C=O) groups is 1. The molecule has 2 aromatic heterocycles. The molecule has 2 rings (SSSR count). The second-order valence-electron chi connectivity index (χ2n) is 4.81. The summed E-state index contributed by atoms with van der Waals surface area (Å²) >= 11 is 0. The number of amides is 1. The number of aromatic nitrogens is 4. The summed E-state index contributed by atoms with van der Waals surface area (Å²) in [6.07, 6.45) is -2.76. The summed E-state index contributed by atoms with van der Waals surface area (Å²) in [4.78, 5) is 11.9. The topological polar surface area (TPSA) is 64.7 Å². The van der Waals surface area contributed by atoms with Gasteiger partial charge < -0.3 is 5.32 Å². The summed E-state index contributed by atoms with van der Waals surface area (Å²) in [5, 5.41) is 10.4. The van der Waals surface area contributed by atoms with Crippen molar-refractivity contribution in [3.05, 3.63) is 34.9 Å². The van der Waals surface area contributed by atoms with Crippen LogP contribution < -0.4 is 5.32 Å². The van der Waals surface area contributed by atoms with Crippen LogP contribution in [-0.4, -0.2) is 25.5 Å². The van der Waals surface area contributed by atoms with E-state index in [1.165, 1.54) is 0 Å². The van der Waals surface area contributed by atoms with E-state index in [0.29, 0.717) is 11.2 Å². The van der Waals surface area contributed by atoms with Gasteiger partial charge in [-0.1, -0.05) is 0 Å². The number of carbonyl (C=O) groups excluding carboxylic acids is 1. The number of alkyl halides is 3. The molecule has 0 fully saturated rings. The lowest BCUT2D eigenvalue weighted by atomic mass is 10.2. The van der Waals surface area contributed by atoms with Gasteiger partial charge in [-0.15, -0.1) is 0 Å². The lowest BCUT2D eigenvalue weighted by Crippen LogP contribution is -2.23. The fraction of sp³-hybridized carbons (Fsp3) is 0.462. The summed E-state index contributed by atoms with van der Waals surface area (Å²) in [5.41, 5.74) is 0.337. The van der Waals surface area contributed by atoms with E-state index < -0.39 is 17.8 Å². The SMILES string of the molecule is CCn1cc(CNC(=O)c2cc(C(F)(F)F)n(C)n2)c(C)n1. The second-order valence-corrected chi connectivity index (χ2v) is 4.81. The highest BCUT2D eigenvalue weighted by molar-refractivity contribution is 5.92. The molecule has 0 spiro atoms. The Morgan fingerprint density at radius 1 is 1.36 bits per heavy atom. The Kier molecular flexibility index (Phi) is 4.25. The molecule has 0 saturated carbocycles. The molecule has 1 N–H and O–H groups in total. The first-order chi connectivity index (χ1) is 10.2. The normalized spacial score (nSPS) is 11.7. The molecule has 0 aliphatic carbocycles. The van der Waals surface area contributed by atoms with Crippen molar-refractivity contribution < 1.29 is 18.0 Å². The second kappa shape index (κ2) is 5.82. The molecule has 0 bridgehead atoms. The fourth-order valence-corrected chi connectivity index (χ4v) is 2.00. The Labute approximate surface area is 124 Å². The maximum Gasteiger partial charge on any atom is 0.433 e. The van der Waals surface area contributed by atoms with Crippen molar-refractivity contribution in [3.63, 3.8) is 0 Å². The van der Waals surface area contributed by atoms with Gasteiger partial charge in [0.15, 0.2) is 5.69 Å². The van der Waals surface area contributed by atoms with Crippen LogP contribution in [0.3, 0.4) is 0 Å².